The van der Waals surface area contributed by atoms with Crippen molar-refractivity contribution in [2.75, 3.05) is 26.7 Å². The maximum absolute atomic E-state index is 12.0. The fourth-order valence-electron chi connectivity index (χ4n) is 3.40. The van der Waals surface area contributed by atoms with Crippen molar-refractivity contribution in [2.45, 2.75) is 58.4 Å². The van der Waals surface area contributed by atoms with Crippen LogP contribution in [0.2, 0.25) is 0 Å². The van der Waals surface area contributed by atoms with E-state index in [1.165, 1.54) is 24.0 Å². The minimum Gasteiger partial charge on any atom is -0.496 e. The van der Waals surface area contributed by atoms with Crippen LogP contribution in [0, 0.1) is 6.92 Å². The third kappa shape index (κ3) is 7.49. The van der Waals surface area contributed by atoms with Gasteiger partial charge in [-0.05, 0) is 44.7 Å². The molecule has 1 fully saturated rings. The number of guanidine groups is 1. The first-order valence-electron chi connectivity index (χ1n) is 10.1. The summed E-state index contributed by atoms with van der Waals surface area (Å²) in [5.74, 6) is 1.76. The van der Waals surface area contributed by atoms with Crippen molar-refractivity contribution in [3.8, 4) is 5.75 Å². The molecule has 1 aliphatic rings. The molecule has 2 rings (SSSR count). The molecule has 3 N–H and O–H groups in total. The van der Waals surface area contributed by atoms with Crippen LogP contribution in [-0.4, -0.2) is 44.7 Å². The zero-order chi connectivity index (χ0) is 19.5. The van der Waals surface area contributed by atoms with Gasteiger partial charge in [-0.1, -0.05) is 30.5 Å². The molecule has 150 valence electrons. The predicted octanol–water partition coefficient (Wildman–Crippen LogP) is 2.55. The molecule has 6 heteroatoms. The average Bonchev–Trinajstić information content (AvgIpc) is 3.15. The van der Waals surface area contributed by atoms with Crippen molar-refractivity contribution < 1.29 is 9.53 Å². The molecule has 0 atom stereocenters. The monoisotopic (exact) mass is 374 g/mol. The first-order chi connectivity index (χ1) is 13.1. The van der Waals surface area contributed by atoms with Gasteiger partial charge in [-0.15, -0.1) is 0 Å². The Labute approximate surface area is 163 Å². The maximum Gasteiger partial charge on any atom is 0.222 e. The van der Waals surface area contributed by atoms with Crippen molar-refractivity contribution in [3.63, 3.8) is 0 Å². The van der Waals surface area contributed by atoms with Crippen LogP contribution in [0.5, 0.6) is 5.75 Å². The lowest BCUT2D eigenvalue weighted by atomic mass is 10.1. The Morgan fingerprint density at radius 1 is 1.26 bits per heavy atom. The van der Waals surface area contributed by atoms with Crippen LogP contribution in [0.1, 0.15) is 50.2 Å². The number of hydrogen-bond donors (Lipinski definition) is 3. The highest BCUT2D eigenvalue weighted by Gasteiger charge is 2.16. The van der Waals surface area contributed by atoms with Crippen LogP contribution in [0.25, 0.3) is 0 Å². The molecule has 0 heterocycles. The van der Waals surface area contributed by atoms with E-state index in [0.29, 0.717) is 19.0 Å². The molecule has 1 aromatic rings. The van der Waals surface area contributed by atoms with Gasteiger partial charge in [-0.25, -0.2) is 0 Å². The SMILES string of the molecule is CCNC(=NCCC(=O)NC1CCCC1)NCCc1cc(C)ccc1OC. The smallest absolute Gasteiger partial charge is 0.222 e. The molecule has 6 nitrogen and oxygen atoms in total. The summed E-state index contributed by atoms with van der Waals surface area (Å²) in [6.45, 7) is 6.14. The summed E-state index contributed by atoms with van der Waals surface area (Å²) in [4.78, 5) is 16.5. The van der Waals surface area contributed by atoms with Crippen LogP contribution in [0.15, 0.2) is 23.2 Å². The van der Waals surface area contributed by atoms with Crippen molar-refractivity contribution in [2.24, 2.45) is 4.99 Å². The van der Waals surface area contributed by atoms with Gasteiger partial charge in [-0.2, -0.15) is 0 Å². The molecule has 0 spiro atoms. The molecule has 0 aliphatic heterocycles. The summed E-state index contributed by atoms with van der Waals surface area (Å²) in [7, 11) is 1.70. The highest BCUT2D eigenvalue weighted by Crippen LogP contribution is 2.19. The molecular weight excluding hydrogens is 340 g/mol. The Morgan fingerprint density at radius 3 is 2.74 bits per heavy atom. The van der Waals surface area contributed by atoms with Gasteiger partial charge in [0.25, 0.3) is 0 Å². The number of methoxy groups -OCH3 is 1. The Bertz CT molecular complexity index is 625. The lowest BCUT2D eigenvalue weighted by Gasteiger charge is -2.14. The fourth-order valence-corrected chi connectivity index (χ4v) is 3.40. The predicted molar refractivity (Wildman–Crippen MR) is 110 cm³/mol. The highest BCUT2D eigenvalue weighted by molar-refractivity contribution is 5.80. The Morgan fingerprint density at radius 2 is 2.04 bits per heavy atom. The standard InChI is InChI=1S/C21H34N4O2/c1-4-22-21(24-14-12-20(26)25-18-7-5-6-8-18)23-13-11-17-15-16(2)9-10-19(17)27-3/h9-10,15,18H,4-8,11-14H2,1-3H3,(H,25,26)(H2,22,23,24). The summed E-state index contributed by atoms with van der Waals surface area (Å²) >= 11 is 0. The second-order valence-corrected chi connectivity index (χ2v) is 7.05. The zero-order valence-corrected chi connectivity index (χ0v) is 16.9. The number of carbonyl (C=O) groups is 1. The number of aryl methyl sites for hydroxylation is 1. The Balaban J connectivity index is 1.77. The van der Waals surface area contributed by atoms with Gasteiger partial charge in [0.1, 0.15) is 5.75 Å². The highest BCUT2D eigenvalue weighted by atomic mass is 16.5. The Hall–Kier alpha value is -2.24. The first-order valence-corrected chi connectivity index (χ1v) is 10.1. The summed E-state index contributed by atoms with van der Waals surface area (Å²) < 4.78 is 5.43. The first kappa shape index (κ1) is 21.1. The van der Waals surface area contributed by atoms with E-state index in [2.05, 4.69) is 40.0 Å². The molecule has 0 bridgehead atoms. The van der Waals surface area contributed by atoms with Crippen molar-refractivity contribution in [3.05, 3.63) is 29.3 Å². The van der Waals surface area contributed by atoms with Gasteiger partial charge in [0.05, 0.1) is 13.7 Å². The minimum atomic E-state index is 0.103. The van der Waals surface area contributed by atoms with Crippen molar-refractivity contribution in [1.82, 2.24) is 16.0 Å². The summed E-state index contributed by atoms with van der Waals surface area (Å²) in [6, 6.07) is 6.58. The lowest BCUT2D eigenvalue weighted by molar-refractivity contribution is -0.121. The number of nitrogens with one attached hydrogen (secondary N) is 3. The number of amides is 1. The van der Waals surface area contributed by atoms with Gasteiger partial charge in [0.15, 0.2) is 5.96 Å². The van der Waals surface area contributed by atoms with E-state index in [-0.39, 0.29) is 5.91 Å². The molecule has 27 heavy (non-hydrogen) atoms. The van der Waals surface area contributed by atoms with Crippen molar-refractivity contribution in [1.29, 1.82) is 0 Å². The summed E-state index contributed by atoms with van der Waals surface area (Å²) in [6.07, 6.45) is 5.95. The third-order valence-electron chi connectivity index (χ3n) is 4.80. The van der Waals surface area contributed by atoms with E-state index < -0.39 is 0 Å². The molecule has 0 unspecified atom stereocenters. The Kier molecular flexibility index (Phi) is 8.95. The summed E-state index contributed by atoms with van der Waals surface area (Å²) in [5, 5.41) is 9.67. The molecule has 0 radical (unpaired) electrons. The van der Waals surface area contributed by atoms with Crippen LogP contribution in [0.4, 0.5) is 0 Å². The van der Waals surface area contributed by atoms with Gasteiger partial charge in [0, 0.05) is 25.6 Å². The van der Waals surface area contributed by atoms with Gasteiger partial charge in [0.2, 0.25) is 5.91 Å². The largest absolute Gasteiger partial charge is 0.496 e. The van der Waals surface area contributed by atoms with Crippen molar-refractivity contribution >= 4 is 11.9 Å². The maximum atomic E-state index is 12.0. The number of nitrogens with zero attached hydrogens (tertiary/aromatic N) is 1. The second kappa shape index (κ2) is 11.5. The summed E-state index contributed by atoms with van der Waals surface area (Å²) in [5.41, 5.74) is 2.40. The van der Waals surface area contributed by atoms with E-state index in [9.17, 15) is 4.79 Å². The number of ether oxygens (including phenoxy) is 1. The quantitative estimate of drug-likeness (QED) is 0.459. The molecule has 1 aliphatic carbocycles. The third-order valence-corrected chi connectivity index (χ3v) is 4.80. The molecular formula is C21H34N4O2. The van der Waals surface area contributed by atoms with E-state index in [0.717, 1.165) is 44.1 Å². The van der Waals surface area contributed by atoms with Gasteiger partial charge < -0.3 is 20.7 Å². The van der Waals surface area contributed by atoms with Crippen LogP contribution in [0.3, 0.4) is 0 Å². The topological polar surface area (TPSA) is 74.8 Å². The number of aliphatic imine (C=N–C) groups is 1. The lowest BCUT2D eigenvalue weighted by Crippen LogP contribution is -2.39. The molecule has 1 amide bonds. The number of rotatable bonds is 9. The van der Waals surface area contributed by atoms with Crippen LogP contribution < -0.4 is 20.7 Å². The fraction of sp³-hybridized carbons (Fsp3) is 0.619. The van der Waals surface area contributed by atoms with E-state index in [1.54, 1.807) is 7.11 Å². The average molecular weight is 375 g/mol. The molecule has 1 saturated carbocycles. The minimum absolute atomic E-state index is 0.103. The van der Waals surface area contributed by atoms with Crippen LogP contribution in [-0.2, 0) is 11.2 Å². The number of benzene rings is 1. The van der Waals surface area contributed by atoms with Gasteiger partial charge in [-0.3, -0.25) is 9.79 Å². The van der Waals surface area contributed by atoms with Crippen LogP contribution >= 0.6 is 0 Å². The molecule has 0 saturated heterocycles. The number of hydrogen-bond acceptors (Lipinski definition) is 3. The van der Waals surface area contributed by atoms with E-state index >= 15 is 0 Å². The normalized spacial score (nSPS) is 14.9. The van der Waals surface area contributed by atoms with E-state index in [1.807, 2.05) is 13.0 Å². The molecule has 1 aromatic carbocycles. The van der Waals surface area contributed by atoms with Gasteiger partial charge >= 0.3 is 0 Å². The zero-order valence-electron chi connectivity index (χ0n) is 16.9. The molecule has 0 aromatic heterocycles. The van der Waals surface area contributed by atoms with E-state index in [4.69, 9.17) is 4.74 Å². The second-order valence-electron chi connectivity index (χ2n) is 7.05. The number of carbonyl (C=O) groups excluding carboxylic acids is 1.